The Morgan fingerprint density at radius 3 is 2.38 bits per heavy atom. The van der Waals surface area contributed by atoms with Crippen LogP contribution >= 0.6 is 34.5 Å². The number of carbonyl (C=O) groups excluding carboxylic acids is 2. The topological polar surface area (TPSA) is 55.9 Å². The predicted octanol–water partition coefficient (Wildman–Crippen LogP) is 5.22. The van der Waals surface area contributed by atoms with Crippen LogP contribution in [0.4, 0.5) is 4.79 Å². The number of rotatable bonds is 5. The smallest absolute Gasteiger partial charge is 0.317 e. The lowest BCUT2D eigenvalue weighted by molar-refractivity contribution is 0.0832. The zero-order chi connectivity index (χ0) is 23.6. The fourth-order valence-electron chi connectivity index (χ4n) is 3.82. The first-order valence-corrected chi connectivity index (χ1v) is 12.2. The van der Waals surface area contributed by atoms with E-state index < -0.39 is 0 Å². The Balaban J connectivity index is 1.73. The molecule has 6 nitrogen and oxygen atoms in total. The van der Waals surface area contributed by atoms with Crippen LogP contribution in [0.1, 0.15) is 41.0 Å². The summed E-state index contributed by atoms with van der Waals surface area (Å²) in [4.78, 5) is 32.1. The first kappa shape index (κ1) is 24.8. The molecule has 3 amide bonds. The molecule has 2 aromatic rings. The number of benzene rings is 1. The minimum absolute atomic E-state index is 0.0508. The number of thiophene rings is 1. The van der Waals surface area contributed by atoms with Gasteiger partial charge in [0.2, 0.25) is 0 Å². The van der Waals surface area contributed by atoms with Crippen LogP contribution in [-0.2, 0) is 0 Å². The van der Waals surface area contributed by atoms with Crippen LogP contribution in [0.15, 0.2) is 24.3 Å². The molecule has 2 heterocycles. The molecule has 1 aromatic carbocycles. The zero-order valence-electron chi connectivity index (χ0n) is 19.1. The van der Waals surface area contributed by atoms with Crippen molar-refractivity contribution < 1.29 is 9.59 Å². The normalized spacial score (nSPS) is 16.0. The fourth-order valence-corrected chi connectivity index (χ4v) is 5.54. The van der Waals surface area contributed by atoms with Crippen LogP contribution in [0.3, 0.4) is 0 Å². The molecule has 0 bridgehead atoms. The molecule has 1 N–H and O–H groups in total. The SMILES string of the molecule is CC(NC(=O)N(C)C1CCN(C)CC1)c1ccc(-c2ccc(C(=O)N(C)C)s2)c(Cl)c1Cl. The maximum atomic E-state index is 12.8. The molecule has 1 saturated heterocycles. The Bertz CT molecular complexity index is 986. The lowest BCUT2D eigenvalue weighted by atomic mass is 10.0. The van der Waals surface area contributed by atoms with Gasteiger partial charge in [-0.25, -0.2) is 4.79 Å². The van der Waals surface area contributed by atoms with Gasteiger partial charge < -0.3 is 20.0 Å². The van der Waals surface area contributed by atoms with Gasteiger partial charge in [0.1, 0.15) is 0 Å². The molecule has 0 aliphatic carbocycles. The average Bonchev–Trinajstić information content (AvgIpc) is 3.24. The van der Waals surface area contributed by atoms with E-state index in [4.69, 9.17) is 23.2 Å². The summed E-state index contributed by atoms with van der Waals surface area (Å²) in [5.41, 5.74) is 1.52. The van der Waals surface area contributed by atoms with Gasteiger partial charge in [0.05, 0.1) is 21.0 Å². The molecular formula is C23H30Cl2N4O2S. The summed E-state index contributed by atoms with van der Waals surface area (Å²) < 4.78 is 0. The zero-order valence-corrected chi connectivity index (χ0v) is 21.4. The van der Waals surface area contributed by atoms with Crippen molar-refractivity contribution in [1.82, 2.24) is 20.0 Å². The molecule has 1 unspecified atom stereocenters. The highest BCUT2D eigenvalue weighted by Gasteiger charge is 2.26. The van der Waals surface area contributed by atoms with Crippen LogP contribution in [0, 0.1) is 0 Å². The highest BCUT2D eigenvalue weighted by molar-refractivity contribution is 7.17. The number of urea groups is 1. The summed E-state index contributed by atoms with van der Waals surface area (Å²) in [6.07, 6.45) is 1.93. The number of amides is 3. The Labute approximate surface area is 204 Å². The maximum absolute atomic E-state index is 12.8. The van der Waals surface area contributed by atoms with Gasteiger partial charge in [0.25, 0.3) is 5.91 Å². The van der Waals surface area contributed by atoms with Crippen LogP contribution < -0.4 is 5.32 Å². The molecule has 1 fully saturated rings. The number of piperidine rings is 1. The number of halogens is 2. The van der Waals surface area contributed by atoms with E-state index in [1.54, 1.807) is 30.0 Å². The lowest BCUT2D eigenvalue weighted by Gasteiger charge is -2.35. The molecule has 1 aliphatic heterocycles. The highest BCUT2D eigenvalue weighted by Crippen LogP contribution is 2.40. The van der Waals surface area contributed by atoms with Crippen molar-refractivity contribution in [3.05, 3.63) is 44.8 Å². The van der Waals surface area contributed by atoms with Crippen LogP contribution in [-0.4, -0.2) is 74.0 Å². The molecule has 174 valence electrons. The Morgan fingerprint density at radius 1 is 1.09 bits per heavy atom. The van der Waals surface area contributed by atoms with E-state index in [1.165, 1.54) is 11.3 Å². The van der Waals surface area contributed by atoms with Gasteiger partial charge >= 0.3 is 6.03 Å². The summed E-state index contributed by atoms with van der Waals surface area (Å²) in [6.45, 7) is 3.88. The van der Waals surface area contributed by atoms with Crippen molar-refractivity contribution in [3.63, 3.8) is 0 Å². The molecule has 0 radical (unpaired) electrons. The monoisotopic (exact) mass is 496 g/mol. The number of nitrogens with zero attached hydrogens (tertiary/aromatic N) is 3. The number of carbonyl (C=O) groups is 2. The summed E-state index contributed by atoms with van der Waals surface area (Å²) in [6, 6.07) is 7.26. The fraction of sp³-hybridized carbons (Fsp3) is 0.478. The molecule has 0 spiro atoms. The van der Waals surface area contributed by atoms with Crippen LogP contribution in [0.25, 0.3) is 10.4 Å². The second-order valence-corrected chi connectivity index (χ2v) is 10.4. The largest absolute Gasteiger partial charge is 0.344 e. The summed E-state index contributed by atoms with van der Waals surface area (Å²) in [7, 11) is 7.39. The third-order valence-electron chi connectivity index (χ3n) is 5.96. The molecular weight excluding hydrogens is 467 g/mol. The minimum Gasteiger partial charge on any atom is -0.344 e. The van der Waals surface area contributed by atoms with Crippen molar-refractivity contribution >= 4 is 46.5 Å². The van der Waals surface area contributed by atoms with E-state index >= 15 is 0 Å². The Kier molecular flexibility index (Phi) is 8.09. The van der Waals surface area contributed by atoms with Crippen molar-refractivity contribution in [1.29, 1.82) is 0 Å². The van der Waals surface area contributed by atoms with Crippen molar-refractivity contribution in [2.24, 2.45) is 0 Å². The number of nitrogens with one attached hydrogen (secondary N) is 1. The maximum Gasteiger partial charge on any atom is 0.317 e. The van der Waals surface area contributed by atoms with E-state index in [2.05, 4.69) is 17.3 Å². The first-order valence-electron chi connectivity index (χ1n) is 10.6. The molecule has 9 heteroatoms. The third kappa shape index (κ3) is 5.39. The highest BCUT2D eigenvalue weighted by atomic mass is 35.5. The van der Waals surface area contributed by atoms with Gasteiger partial charge in [-0.3, -0.25) is 4.79 Å². The van der Waals surface area contributed by atoms with E-state index in [0.717, 1.165) is 41.9 Å². The van der Waals surface area contributed by atoms with Crippen molar-refractivity contribution in [2.75, 3.05) is 41.3 Å². The van der Waals surface area contributed by atoms with Crippen molar-refractivity contribution in [3.8, 4) is 10.4 Å². The molecule has 3 rings (SSSR count). The molecule has 32 heavy (non-hydrogen) atoms. The van der Waals surface area contributed by atoms with E-state index in [-0.39, 0.29) is 24.0 Å². The number of hydrogen-bond donors (Lipinski definition) is 1. The second-order valence-electron chi connectivity index (χ2n) is 8.51. The van der Waals surface area contributed by atoms with E-state index in [0.29, 0.717) is 14.9 Å². The van der Waals surface area contributed by atoms with Crippen LogP contribution in [0.5, 0.6) is 0 Å². The van der Waals surface area contributed by atoms with E-state index in [9.17, 15) is 9.59 Å². The molecule has 1 aliphatic rings. The van der Waals surface area contributed by atoms with Gasteiger partial charge in [0.15, 0.2) is 0 Å². The van der Waals surface area contributed by atoms with Crippen LogP contribution in [0.2, 0.25) is 10.0 Å². The third-order valence-corrected chi connectivity index (χ3v) is 7.97. The number of hydrogen-bond acceptors (Lipinski definition) is 4. The summed E-state index contributed by atoms with van der Waals surface area (Å²) >= 11 is 14.6. The Hall–Kier alpha value is -1.80. The lowest BCUT2D eigenvalue weighted by Crippen LogP contribution is -2.48. The second kappa shape index (κ2) is 10.4. The van der Waals surface area contributed by atoms with Gasteiger partial charge in [-0.2, -0.15) is 0 Å². The van der Waals surface area contributed by atoms with Crippen molar-refractivity contribution in [2.45, 2.75) is 31.8 Å². The average molecular weight is 497 g/mol. The van der Waals surface area contributed by atoms with Gasteiger partial charge in [0, 0.05) is 37.6 Å². The standard InChI is InChI=1S/C23H30Cl2N4O2S/c1-14(26-23(31)29(5)15-10-12-28(4)13-11-15)16-6-7-17(21(25)20(16)24)18-8-9-19(32-18)22(30)27(2)3/h6-9,14-15H,10-13H2,1-5H3,(H,26,31). The molecule has 0 saturated carbocycles. The minimum atomic E-state index is -0.301. The van der Waals surface area contributed by atoms with Gasteiger partial charge in [-0.05, 0) is 57.6 Å². The quantitative estimate of drug-likeness (QED) is 0.616. The summed E-state index contributed by atoms with van der Waals surface area (Å²) in [5, 5.41) is 3.87. The first-order chi connectivity index (χ1) is 15.1. The number of likely N-dealkylation sites (tertiary alicyclic amines) is 1. The van der Waals surface area contributed by atoms with Gasteiger partial charge in [-0.1, -0.05) is 35.3 Å². The van der Waals surface area contributed by atoms with E-state index in [1.807, 2.05) is 32.2 Å². The predicted molar refractivity (Wildman–Crippen MR) is 133 cm³/mol. The summed E-state index contributed by atoms with van der Waals surface area (Å²) in [5.74, 6) is -0.0508. The molecule has 1 aromatic heterocycles. The van der Waals surface area contributed by atoms with Gasteiger partial charge in [-0.15, -0.1) is 11.3 Å². The molecule has 1 atom stereocenters. The Morgan fingerprint density at radius 2 is 1.75 bits per heavy atom.